The van der Waals surface area contributed by atoms with Gasteiger partial charge in [0.25, 0.3) is 0 Å². The average Bonchev–Trinajstić information content (AvgIpc) is 1.65. The number of carbonyl (C=O) groups is 1. The monoisotopic (exact) mass is 170 g/mol. The molecule has 0 aromatic carbocycles. The van der Waals surface area contributed by atoms with Gasteiger partial charge in [-0.3, -0.25) is 0 Å². The second-order valence-corrected chi connectivity index (χ2v) is 1.23. The first kappa shape index (κ1) is 12.8. The van der Waals surface area contributed by atoms with Gasteiger partial charge in [0.05, 0.1) is 0 Å². The van der Waals surface area contributed by atoms with Gasteiger partial charge in [-0.15, -0.1) is 0 Å². The molecular weight excluding hydrogens is 167 g/mol. The third-order valence-electron chi connectivity index (χ3n) is 0.559. The van der Waals surface area contributed by atoms with Gasteiger partial charge in [-0.2, -0.15) is 8.78 Å². The maximum absolute atomic E-state index is 11.3. The summed E-state index contributed by atoms with van der Waals surface area (Å²) in [6.07, 6.45) is -4.14. The standard InChI is InChI=1S/C3H2F4O2.Na.H/c4-1(5)3(6,7)2(8)9;;/h1H,(H,8,9);;. The molecule has 0 aromatic rings. The van der Waals surface area contributed by atoms with E-state index >= 15 is 0 Å². The van der Waals surface area contributed by atoms with Crippen LogP contribution in [-0.2, 0) is 4.79 Å². The van der Waals surface area contributed by atoms with E-state index in [2.05, 4.69) is 0 Å². The van der Waals surface area contributed by atoms with Gasteiger partial charge in [0, 0.05) is 0 Å². The van der Waals surface area contributed by atoms with Gasteiger partial charge in [-0.1, -0.05) is 0 Å². The SMILES string of the molecule is O=C(O)C(F)(F)C(F)F.[NaH]. The Kier molecular flexibility index (Phi) is 5.32. The normalized spacial score (nSPS) is 10.9. The van der Waals surface area contributed by atoms with Crippen molar-refractivity contribution in [1.29, 1.82) is 0 Å². The molecule has 0 aliphatic rings. The molecule has 1 N–H and O–H groups in total. The number of aliphatic carboxylic acids is 1. The first-order chi connectivity index (χ1) is 3.89. The van der Waals surface area contributed by atoms with Crippen LogP contribution in [0.15, 0.2) is 0 Å². The molecule has 0 saturated heterocycles. The number of carboxylic acids is 1. The van der Waals surface area contributed by atoms with Crippen LogP contribution < -0.4 is 0 Å². The summed E-state index contributed by atoms with van der Waals surface area (Å²) in [5.74, 6) is -7.72. The Bertz CT molecular complexity index is 126. The van der Waals surface area contributed by atoms with E-state index < -0.39 is 18.3 Å². The number of alkyl halides is 4. The van der Waals surface area contributed by atoms with Gasteiger partial charge in [0.1, 0.15) is 0 Å². The van der Waals surface area contributed by atoms with E-state index in [1.54, 1.807) is 0 Å². The van der Waals surface area contributed by atoms with Crippen molar-refractivity contribution in [3.63, 3.8) is 0 Å². The van der Waals surface area contributed by atoms with Crippen LogP contribution in [0.25, 0.3) is 0 Å². The van der Waals surface area contributed by atoms with Crippen LogP contribution in [0.2, 0.25) is 0 Å². The molecule has 7 heteroatoms. The first-order valence-corrected chi connectivity index (χ1v) is 1.78. The van der Waals surface area contributed by atoms with Gasteiger partial charge in [0.2, 0.25) is 0 Å². The first-order valence-electron chi connectivity index (χ1n) is 1.78. The van der Waals surface area contributed by atoms with Crippen LogP contribution in [0.5, 0.6) is 0 Å². The Morgan fingerprint density at radius 3 is 1.70 bits per heavy atom. The molecule has 0 saturated carbocycles. The zero-order chi connectivity index (χ0) is 7.65. The predicted octanol–water partition coefficient (Wildman–Crippen LogP) is 0.323. The van der Waals surface area contributed by atoms with Crippen LogP contribution in [0.3, 0.4) is 0 Å². The molecule has 2 nitrogen and oxygen atoms in total. The summed E-state index contributed by atoms with van der Waals surface area (Å²) in [4.78, 5) is 9.23. The summed E-state index contributed by atoms with van der Waals surface area (Å²) in [6, 6.07) is 0. The van der Waals surface area contributed by atoms with Crippen molar-refractivity contribution in [3.05, 3.63) is 0 Å². The minimum atomic E-state index is -4.92. The molecule has 10 heavy (non-hydrogen) atoms. The van der Waals surface area contributed by atoms with Gasteiger partial charge < -0.3 is 5.11 Å². The van der Waals surface area contributed by atoms with Gasteiger partial charge in [-0.25, -0.2) is 13.6 Å². The topological polar surface area (TPSA) is 37.3 Å². The van der Waals surface area contributed by atoms with E-state index in [1.807, 2.05) is 0 Å². The van der Waals surface area contributed by atoms with Crippen molar-refractivity contribution in [3.8, 4) is 0 Å². The fourth-order valence-electron chi connectivity index (χ4n) is 0.0933. The molecule has 0 radical (unpaired) electrons. The third-order valence-corrected chi connectivity index (χ3v) is 0.559. The molecule has 0 unspecified atom stereocenters. The number of halogens is 4. The Morgan fingerprint density at radius 1 is 1.40 bits per heavy atom. The number of hydrogen-bond acceptors (Lipinski definition) is 1. The fraction of sp³-hybridized carbons (Fsp3) is 0.667. The Hall–Kier alpha value is 0.190. The quantitative estimate of drug-likeness (QED) is 0.478. The van der Waals surface area contributed by atoms with Crippen LogP contribution in [0.4, 0.5) is 17.6 Å². The van der Waals surface area contributed by atoms with E-state index in [9.17, 15) is 22.4 Å². The van der Waals surface area contributed by atoms with Crippen LogP contribution in [0, 0.1) is 0 Å². The summed E-state index contributed by atoms with van der Waals surface area (Å²) >= 11 is 0. The molecule has 0 aliphatic heterocycles. The van der Waals surface area contributed by atoms with Crippen LogP contribution in [-0.4, -0.2) is 53.0 Å². The molecule has 0 heterocycles. The molecule has 56 valence electrons. The summed E-state index contributed by atoms with van der Waals surface area (Å²) in [7, 11) is 0. The van der Waals surface area contributed by atoms with Crippen molar-refractivity contribution < 1.29 is 27.5 Å². The van der Waals surface area contributed by atoms with E-state index in [-0.39, 0.29) is 29.6 Å². The van der Waals surface area contributed by atoms with Crippen LogP contribution >= 0.6 is 0 Å². The molecule has 0 atom stereocenters. The van der Waals surface area contributed by atoms with E-state index in [4.69, 9.17) is 5.11 Å². The molecule has 0 amide bonds. The van der Waals surface area contributed by atoms with E-state index in [0.29, 0.717) is 0 Å². The maximum atomic E-state index is 11.3. The zero-order valence-corrected chi connectivity index (χ0v) is 3.94. The molecule has 0 aliphatic carbocycles. The van der Waals surface area contributed by atoms with E-state index in [0.717, 1.165) is 0 Å². The average molecular weight is 170 g/mol. The van der Waals surface area contributed by atoms with Crippen molar-refractivity contribution in [2.75, 3.05) is 0 Å². The number of carboxylic acid groups (broad SMARTS) is 1. The van der Waals surface area contributed by atoms with Gasteiger partial charge in [0.15, 0.2) is 0 Å². The summed E-state index contributed by atoms with van der Waals surface area (Å²) in [5, 5.41) is 7.38. The van der Waals surface area contributed by atoms with Gasteiger partial charge >= 0.3 is 47.9 Å². The fourth-order valence-corrected chi connectivity index (χ4v) is 0.0933. The third kappa shape index (κ3) is 2.85. The molecule has 0 bridgehead atoms. The second-order valence-electron chi connectivity index (χ2n) is 1.23. The minimum absolute atomic E-state index is 0. The van der Waals surface area contributed by atoms with E-state index in [1.165, 1.54) is 0 Å². The van der Waals surface area contributed by atoms with Crippen molar-refractivity contribution in [2.45, 2.75) is 12.3 Å². The van der Waals surface area contributed by atoms with Crippen molar-refractivity contribution in [1.82, 2.24) is 0 Å². The molecule has 0 aromatic heterocycles. The molecular formula is C3H3F4NaO2. The Balaban J connectivity index is 0. The zero-order valence-electron chi connectivity index (χ0n) is 3.94. The van der Waals surface area contributed by atoms with Gasteiger partial charge in [-0.05, 0) is 0 Å². The summed E-state index contributed by atoms with van der Waals surface area (Å²) < 4.78 is 44.5. The van der Waals surface area contributed by atoms with Crippen molar-refractivity contribution in [2.24, 2.45) is 0 Å². The number of rotatable bonds is 2. The molecule has 0 spiro atoms. The Morgan fingerprint density at radius 2 is 1.70 bits per heavy atom. The number of hydrogen-bond donors (Lipinski definition) is 1. The molecule has 0 fully saturated rings. The second kappa shape index (κ2) is 4.15. The Labute approximate surface area is 75.5 Å². The van der Waals surface area contributed by atoms with Crippen molar-refractivity contribution >= 4 is 35.5 Å². The summed E-state index contributed by atoms with van der Waals surface area (Å²) in [5.41, 5.74) is 0. The predicted molar refractivity (Wildman–Crippen MR) is 25.7 cm³/mol. The summed E-state index contributed by atoms with van der Waals surface area (Å²) in [6.45, 7) is 0. The van der Waals surface area contributed by atoms with Crippen LogP contribution in [0.1, 0.15) is 0 Å². The molecule has 0 rings (SSSR count).